The number of aromatic amines is 1. The number of para-hydroxylation sites is 1. The number of halogens is 2. The van der Waals surface area contributed by atoms with Crippen LogP contribution in [0.1, 0.15) is 43.1 Å². The van der Waals surface area contributed by atoms with Crippen LogP contribution in [-0.2, 0) is 16.0 Å². The number of H-pyrrole nitrogens is 1. The van der Waals surface area contributed by atoms with Crippen molar-refractivity contribution in [1.29, 1.82) is 0 Å². The molecule has 0 aliphatic heterocycles. The molecule has 2 unspecified atom stereocenters. The maximum atomic E-state index is 14.1. The van der Waals surface area contributed by atoms with Gasteiger partial charge in [-0.1, -0.05) is 67.1 Å². The number of benzene rings is 2. The Labute approximate surface area is 244 Å². The van der Waals surface area contributed by atoms with Crippen LogP contribution in [0, 0.1) is 11.8 Å². The number of hydrogen-bond donors (Lipinski definition) is 4. The van der Waals surface area contributed by atoms with Crippen molar-refractivity contribution in [1.82, 2.24) is 15.2 Å². The molecule has 0 radical (unpaired) electrons. The van der Waals surface area contributed by atoms with E-state index in [1.54, 1.807) is 6.07 Å². The van der Waals surface area contributed by atoms with Crippen LogP contribution in [0.5, 0.6) is 5.75 Å². The highest BCUT2D eigenvalue weighted by Gasteiger charge is 2.36. The van der Waals surface area contributed by atoms with Gasteiger partial charge in [-0.2, -0.15) is 0 Å². The molecule has 0 saturated carbocycles. The Morgan fingerprint density at radius 3 is 2.54 bits per heavy atom. The quantitative estimate of drug-likeness (QED) is 0.180. The molecular weight excluding hydrogens is 630 g/mol. The summed E-state index contributed by atoms with van der Waals surface area (Å²) in [7, 11) is 0. The van der Waals surface area contributed by atoms with Gasteiger partial charge >= 0.3 is 5.97 Å². The SMILES string of the molecule is CC(C)/C=C/CC(C)C(C(=O)NCC(=O)O)N(CCc1c[nH]c2ccccc12)C(=O)c1cc(Br)cc(Br)c1O. The molecule has 10 heteroatoms. The minimum Gasteiger partial charge on any atom is -0.506 e. The molecule has 39 heavy (non-hydrogen) atoms. The predicted octanol–water partition coefficient (Wildman–Crippen LogP) is 5.89. The van der Waals surface area contributed by atoms with Gasteiger partial charge in [0.2, 0.25) is 5.91 Å². The van der Waals surface area contributed by atoms with E-state index in [0.717, 1.165) is 16.5 Å². The van der Waals surface area contributed by atoms with Gasteiger partial charge in [0.25, 0.3) is 5.91 Å². The molecule has 2 aromatic carbocycles. The molecule has 0 bridgehead atoms. The van der Waals surface area contributed by atoms with Crippen LogP contribution in [0.15, 0.2) is 63.7 Å². The predicted molar refractivity (Wildman–Crippen MR) is 159 cm³/mol. The van der Waals surface area contributed by atoms with Gasteiger partial charge in [-0.25, -0.2) is 0 Å². The molecule has 3 aromatic rings. The smallest absolute Gasteiger partial charge is 0.322 e. The Morgan fingerprint density at radius 1 is 1.13 bits per heavy atom. The molecule has 2 amide bonds. The largest absolute Gasteiger partial charge is 0.506 e. The number of phenols is 1. The fourth-order valence-electron chi connectivity index (χ4n) is 4.50. The molecule has 0 aliphatic carbocycles. The van der Waals surface area contributed by atoms with Crippen LogP contribution in [0.2, 0.25) is 0 Å². The van der Waals surface area contributed by atoms with E-state index in [9.17, 15) is 24.6 Å². The number of allylic oxidation sites excluding steroid dienone is 2. The van der Waals surface area contributed by atoms with Gasteiger partial charge in [0, 0.05) is 28.1 Å². The summed E-state index contributed by atoms with van der Waals surface area (Å²) in [6.45, 7) is 5.54. The number of carboxylic acids is 1. The first-order chi connectivity index (χ1) is 18.5. The lowest BCUT2D eigenvalue weighted by Gasteiger charge is -2.35. The van der Waals surface area contributed by atoms with Gasteiger partial charge in [0.1, 0.15) is 18.3 Å². The summed E-state index contributed by atoms with van der Waals surface area (Å²) in [5, 5.41) is 23.4. The monoisotopic (exact) mass is 661 g/mol. The Balaban J connectivity index is 2.05. The molecule has 3 rings (SSSR count). The van der Waals surface area contributed by atoms with Crippen LogP contribution in [0.3, 0.4) is 0 Å². The number of fused-ring (bicyclic) bond motifs is 1. The summed E-state index contributed by atoms with van der Waals surface area (Å²) in [4.78, 5) is 43.5. The van der Waals surface area contributed by atoms with Crippen LogP contribution in [0.4, 0.5) is 0 Å². The van der Waals surface area contributed by atoms with E-state index in [1.165, 1.54) is 11.0 Å². The summed E-state index contributed by atoms with van der Waals surface area (Å²) in [6, 6.07) is 9.96. The van der Waals surface area contributed by atoms with Crippen molar-refractivity contribution in [3.63, 3.8) is 0 Å². The highest BCUT2D eigenvalue weighted by atomic mass is 79.9. The van der Waals surface area contributed by atoms with E-state index in [-0.39, 0.29) is 23.8 Å². The van der Waals surface area contributed by atoms with E-state index >= 15 is 0 Å². The number of carbonyl (C=O) groups excluding carboxylic acids is 2. The Hall–Kier alpha value is -3.11. The molecule has 4 N–H and O–H groups in total. The fraction of sp³-hybridized carbons (Fsp3) is 0.345. The van der Waals surface area contributed by atoms with Crippen LogP contribution in [-0.4, -0.2) is 57.0 Å². The zero-order chi connectivity index (χ0) is 28.7. The van der Waals surface area contributed by atoms with Gasteiger partial charge in [-0.05, 0) is 64.4 Å². The number of nitrogens with zero attached hydrogens (tertiary/aromatic N) is 1. The number of carboxylic acid groups (broad SMARTS) is 1. The lowest BCUT2D eigenvalue weighted by atomic mass is 9.93. The third-order valence-electron chi connectivity index (χ3n) is 6.40. The molecule has 1 aromatic heterocycles. The van der Waals surface area contributed by atoms with Crippen molar-refractivity contribution >= 4 is 60.5 Å². The number of nitrogens with one attached hydrogen (secondary N) is 2. The first kappa shape index (κ1) is 30.4. The summed E-state index contributed by atoms with van der Waals surface area (Å²) in [5.74, 6) is -2.56. The Kier molecular flexibility index (Phi) is 10.8. The number of aliphatic carboxylic acids is 1. The number of amides is 2. The summed E-state index contributed by atoms with van der Waals surface area (Å²) in [6.07, 6.45) is 6.81. The van der Waals surface area contributed by atoms with Crippen molar-refractivity contribution < 1.29 is 24.6 Å². The Bertz CT molecular complexity index is 1370. The average Bonchev–Trinajstić information content (AvgIpc) is 3.29. The summed E-state index contributed by atoms with van der Waals surface area (Å²) in [5.41, 5.74) is 1.96. The maximum absolute atomic E-state index is 14.1. The van der Waals surface area contributed by atoms with Crippen LogP contribution >= 0.6 is 31.9 Å². The molecule has 0 fully saturated rings. The number of aromatic nitrogens is 1. The van der Waals surface area contributed by atoms with E-state index in [4.69, 9.17) is 0 Å². The molecule has 1 heterocycles. The second-order valence-electron chi connectivity index (χ2n) is 9.83. The van der Waals surface area contributed by atoms with Crippen LogP contribution in [0.25, 0.3) is 10.9 Å². The molecule has 2 atom stereocenters. The highest BCUT2D eigenvalue weighted by Crippen LogP contribution is 2.33. The van der Waals surface area contributed by atoms with Crippen molar-refractivity contribution in [3.8, 4) is 5.75 Å². The highest BCUT2D eigenvalue weighted by molar-refractivity contribution is 9.11. The van der Waals surface area contributed by atoms with Crippen molar-refractivity contribution in [3.05, 3.63) is 74.8 Å². The maximum Gasteiger partial charge on any atom is 0.322 e. The molecule has 0 spiro atoms. The third-order valence-corrected chi connectivity index (χ3v) is 7.46. The molecule has 0 saturated heterocycles. The minimum atomic E-state index is -1.18. The standard InChI is InChI=1S/C29H33Br2N3O5/c1-17(2)7-6-8-18(3)26(28(38)33-16-25(35)36)34(29(39)22-13-20(30)14-23(31)27(22)37)12-11-19-15-32-24-10-5-4-9-21(19)24/h4-7,9-10,13-15,17-18,26,32,37H,8,11-12,16H2,1-3H3,(H,33,38)(H,35,36)/b7-6+. The Morgan fingerprint density at radius 2 is 1.85 bits per heavy atom. The molecule has 8 nitrogen and oxygen atoms in total. The normalized spacial score (nSPS) is 13.1. The second-order valence-corrected chi connectivity index (χ2v) is 11.6. The summed E-state index contributed by atoms with van der Waals surface area (Å²) >= 11 is 6.66. The zero-order valence-corrected chi connectivity index (χ0v) is 25.3. The number of hydrogen-bond acceptors (Lipinski definition) is 4. The first-order valence-corrected chi connectivity index (χ1v) is 14.3. The zero-order valence-electron chi connectivity index (χ0n) is 22.1. The van der Waals surface area contributed by atoms with E-state index < -0.39 is 30.4 Å². The van der Waals surface area contributed by atoms with Crippen LogP contribution < -0.4 is 5.32 Å². The molecular formula is C29H33Br2N3O5. The van der Waals surface area contributed by atoms with E-state index in [1.807, 2.05) is 63.4 Å². The molecule has 0 aliphatic rings. The van der Waals surface area contributed by atoms with Gasteiger partial charge in [-0.3, -0.25) is 14.4 Å². The van der Waals surface area contributed by atoms with Gasteiger partial charge < -0.3 is 25.4 Å². The van der Waals surface area contributed by atoms with Crippen molar-refractivity contribution in [2.24, 2.45) is 11.8 Å². The molecule has 208 valence electrons. The van der Waals surface area contributed by atoms with Crippen molar-refractivity contribution in [2.75, 3.05) is 13.1 Å². The second kappa shape index (κ2) is 13.8. The number of rotatable bonds is 12. The fourth-order valence-corrected chi connectivity index (χ4v) is 5.72. The topological polar surface area (TPSA) is 123 Å². The minimum absolute atomic E-state index is 0.0242. The number of aromatic hydroxyl groups is 1. The van der Waals surface area contributed by atoms with Gasteiger partial charge in [-0.15, -0.1) is 0 Å². The number of carbonyl (C=O) groups is 3. The van der Waals surface area contributed by atoms with E-state index in [2.05, 4.69) is 42.2 Å². The van der Waals surface area contributed by atoms with E-state index in [0.29, 0.717) is 27.7 Å². The third kappa shape index (κ3) is 7.95. The summed E-state index contributed by atoms with van der Waals surface area (Å²) < 4.78 is 0.906. The lowest BCUT2D eigenvalue weighted by molar-refractivity contribution is -0.139. The average molecular weight is 663 g/mol. The number of phenolic OH excluding ortho intramolecular Hbond substituents is 1. The van der Waals surface area contributed by atoms with Crippen molar-refractivity contribution in [2.45, 2.75) is 39.7 Å². The lowest BCUT2D eigenvalue weighted by Crippen LogP contribution is -2.54. The van der Waals surface area contributed by atoms with Gasteiger partial charge in [0.05, 0.1) is 10.0 Å². The first-order valence-electron chi connectivity index (χ1n) is 12.7. The van der Waals surface area contributed by atoms with Gasteiger partial charge in [0.15, 0.2) is 0 Å².